The van der Waals surface area contributed by atoms with E-state index in [1.54, 1.807) is 23.1 Å². The molecule has 5 nitrogen and oxygen atoms in total. The molecule has 1 N–H and O–H groups in total. The normalized spacial score (nSPS) is 16.7. The molecule has 0 bridgehead atoms. The van der Waals surface area contributed by atoms with E-state index < -0.39 is 0 Å². The van der Waals surface area contributed by atoms with Crippen LogP contribution in [0.25, 0.3) is 10.6 Å². The maximum absolute atomic E-state index is 13.0. The number of likely N-dealkylation sites (tertiary alicyclic amines) is 1. The van der Waals surface area contributed by atoms with E-state index in [9.17, 15) is 9.18 Å². The van der Waals surface area contributed by atoms with Gasteiger partial charge < -0.3 is 10.2 Å². The standard InChI is InChI=1S/C19H16ClFN4OS/c20-15-4-2-1-3-14(15)17-23-24-19(27-17)22-16-9-10-25(18(16)26)11-12-5-7-13(21)8-6-12/h1-8,16H,9-11H2,(H,22,24). The van der Waals surface area contributed by atoms with E-state index in [2.05, 4.69) is 15.5 Å². The van der Waals surface area contributed by atoms with Crippen LogP contribution in [0.15, 0.2) is 48.5 Å². The fourth-order valence-electron chi connectivity index (χ4n) is 3.01. The summed E-state index contributed by atoms with van der Waals surface area (Å²) in [6, 6.07) is 13.3. The molecule has 1 aromatic heterocycles. The summed E-state index contributed by atoms with van der Waals surface area (Å²) in [6.07, 6.45) is 0.682. The molecule has 1 unspecified atom stereocenters. The number of carbonyl (C=O) groups excluding carboxylic acids is 1. The SMILES string of the molecule is O=C1C(Nc2nnc(-c3ccccc3Cl)s2)CCN1Cc1ccc(F)cc1. The maximum atomic E-state index is 13.0. The van der Waals surface area contributed by atoms with Gasteiger partial charge in [0, 0.05) is 18.7 Å². The average Bonchev–Trinajstić information content (AvgIpc) is 3.26. The summed E-state index contributed by atoms with van der Waals surface area (Å²) in [5.74, 6) is -0.273. The molecule has 138 valence electrons. The van der Waals surface area contributed by atoms with Crippen LogP contribution in [0.2, 0.25) is 5.02 Å². The molecule has 27 heavy (non-hydrogen) atoms. The van der Waals surface area contributed by atoms with Gasteiger partial charge in [0.2, 0.25) is 11.0 Å². The quantitative estimate of drug-likeness (QED) is 0.694. The van der Waals surface area contributed by atoms with Crippen LogP contribution < -0.4 is 5.32 Å². The van der Waals surface area contributed by atoms with E-state index in [1.165, 1.54) is 23.5 Å². The number of rotatable bonds is 5. The van der Waals surface area contributed by atoms with Crippen LogP contribution in [0.4, 0.5) is 9.52 Å². The van der Waals surface area contributed by atoms with Gasteiger partial charge in [0.25, 0.3) is 0 Å². The predicted octanol–water partition coefficient (Wildman–Crippen LogP) is 4.21. The number of halogens is 2. The number of anilines is 1. The fourth-order valence-corrected chi connectivity index (χ4v) is 4.13. The second-order valence-corrected chi connectivity index (χ2v) is 7.65. The summed E-state index contributed by atoms with van der Waals surface area (Å²) in [6.45, 7) is 1.11. The number of carbonyl (C=O) groups is 1. The van der Waals surface area contributed by atoms with Crippen LogP contribution in [0.1, 0.15) is 12.0 Å². The number of hydrogen-bond acceptors (Lipinski definition) is 5. The molecule has 1 atom stereocenters. The first-order valence-electron chi connectivity index (χ1n) is 8.48. The molecule has 4 rings (SSSR count). The summed E-state index contributed by atoms with van der Waals surface area (Å²) in [5, 5.41) is 13.4. The lowest BCUT2D eigenvalue weighted by atomic mass is 10.2. The first-order chi connectivity index (χ1) is 13.1. The van der Waals surface area contributed by atoms with Crippen molar-refractivity contribution < 1.29 is 9.18 Å². The van der Waals surface area contributed by atoms with Gasteiger partial charge in [-0.1, -0.05) is 53.3 Å². The lowest BCUT2D eigenvalue weighted by molar-refractivity contribution is -0.128. The Morgan fingerprint density at radius 2 is 1.96 bits per heavy atom. The van der Waals surface area contributed by atoms with Crippen LogP contribution in [-0.4, -0.2) is 33.6 Å². The molecule has 1 amide bonds. The number of hydrogen-bond donors (Lipinski definition) is 1. The van der Waals surface area contributed by atoms with Crippen molar-refractivity contribution in [2.75, 3.05) is 11.9 Å². The number of nitrogens with one attached hydrogen (secondary N) is 1. The molecule has 1 aliphatic rings. The summed E-state index contributed by atoms with van der Waals surface area (Å²) in [5.41, 5.74) is 1.72. The zero-order valence-electron chi connectivity index (χ0n) is 14.2. The highest BCUT2D eigenvalue weighted by Crippen LogP contribution is 2.32. The molecule has 1 saturated heterocycles. The van der Waals surface area contributed by atoms with Gasteiger partial charge in [0.15, 0.2) is 5.01 Å². The summed E-state index contributed by atoms with van der Waals surface area (Å²) in [4.78, 5) is 14.4. The molecule has 2 heterocycles. The third-order valence-corrected chi connectivity index (χ3v) is 5.63. The van der Waals surface area contributed by atoms with Gasteiger partial charge in [-0.2, -0.15) is 0 Å². The highest BCUT2D eigenvalue weighted by molar-refractivity contribution is 7.18. The molecule has 1 fully saturated rings. The fraction of sp³-hybridized carbons (Fsp3) is 0.211. The van der Waals surface area contributed by atoms with Crippen molar-refractivity contribution in [1.82, 2.24) is 15.1 Å². The van der Waals surface area contributed by atoms with Crippen molar-refractivity contribution in [2.24, 2.45) is 0 Å². The minimum atomic E-state index is -0.336. The number of benzene rings is 2. The van der Waals surface area contributed by atoms with Crippen LogP contribution in [0, 0.1) is 5.82 Å². The van der Waals surface area contributed by atoms with Gasteiger partial charge in [0.1, 0.15) is 11.9 Å². The van der Waals surface area contributed by atoms with Crippen LogP contribution in [-0.2, 0) is 11.3 Å². The van der Waals surface area contributed by atoms with Crippen molar-refractivity contribution in [3.8, 4) is 10.6 Å². The number of amides is 1. The van der Waals surface area contributed by atoms with Gasteiger partial charge in [-0.05, 0) is 30.2 Å². The Morgan fingerprint density at radius 1 is 1.19 bits per heavy atom. The van der Waals surface area contributed by atoms with E-state index in [0.717, 1.165) is 11.1 Å². The van der Waals surface area contributed by atoms with Crippen LogP contribution >= 0.6 is 22.9 Å². The van der Waals surface area contributed by atoms with Gasteiger partial charge >= 0.3 is 0 Å². The van der Waals surface area contributed by atoms with Crippen molar-refractivity contribution in [2.45, 2.75) is 19.0 Å². The molecule has 3 aromatic rings. The molecule has 0 aliphatic carbocycles. The molecule has 2 aromatic carbocycles. The predicted molar refractivity (Wildman–Crippen MR) is 104 cm³/mol. The molecule has 0 saturated carbocycles. The number of aromatic nitrogens is 2. The molecular formula is C19H16ClFN4OS. The Kier molecular flexibility index (Phi) is 5.05. The average molecular weight is 403 g/mol. The highest BCUT2D eigenvalue weighted by atomic mass is 35.5. The Labute approximate surface area is 164 Å². The Hall–Kier alpha value is -2.51. The maximum Gasteiger partial charge on any atom is 0.245 e. The van der Waals surface area contributed by atoms with Gasteiger partial charge in [-0.15, -0.1) is 10.2 Å². The molecule has 1 aliphatic heterocycles. The third kappa shape index (κ3) is 3.94. The molecule has 8 heteroatoms. The molecule has 0 radical (unpaired) electrons. The number of nitrogens with zero attached hydrogens (tertiary/aromatic N) is 3. The lowest BCUT2D eigenvalue weighted by Gasteiger charge is -2.17. The van der Waals surface area contributed by atoms with Gasteiger partial charge in [0.05, 0.1) is 5.02 Å². The van der Waals surface area contributed by atoms with Gasteiger partial charge in [-0.3, -0.25) is 4.79 Å². The summed E-state index contributed by atoms with van der Waals surface area (Å²) < 4.78 is 13.0. The highest BCUT2D eigenvalue weighted by Gasteiger charge is 2.32. The van der Waals surface area contributed by atoms with E-state index in [4.69, 9.17) is 11.6 Å². The molecular weight excluding hydrogens is 387 g/mol. The minimum Gasteiger partial charge on any atom is -0.348 e. The van der Waals surface area contributed by atoms with E-state index in [0.29, 0.717) is 34.7 Å². The Bertz CT molecular complexity index is 962. The lowest BCUT2D eigenvalue weighted by Crippen LogP contribution is -2.33. The zero-order valence-corrected chi connectivity index (χ0v) is 15.8. The second kappa shape index (κ2) is 7.62. The smallest absolute Gasteiger partial charge is 0.245 e. The zero-order chi connectivity index (χ0) is 18.8. The Morgan fingerprint density at radius 3 is 2.74 bits per heavy atom. The minimum absolute atomic E-state index is 0.00817. The monoisotopic (exact) mass is 402 g/mol. The molecule has 0 spiro atoms. The van der Waals surface area contributed by atoms with E-state index in [1.807, 2.05) is 18.2 Å². The largest absolute Gasteiger partial charge is 0.348 e. The van der Waals surface area contributed by atoms with Crippen molar-refractivity contribution >= 4 is 34.0 Å². The third-order valence-electron chi connectivity index (χ3n) is 4.41. The van der Waals surface area contributed by atoms with E-state index in [-0.39, 0.29) is 17.8 Å². The summed E-state index contributed by atoms with van der Waals surface area (Å²) >= 11 is 7.57. The first kappa shape index (κ1) is 17.9. The van der Waals surface area contributed by atoms with Crippen molar-refractivity contribution in [3.63, 3.8) is 0 Å². The van der Waals surface area contributed by atoms with Crippen molar-refractivity contribution in [3.05, 3.63) is 64.9 Å². The summed E-state index contributed by atoms with van der Waals surface area (Å²) in [7, 11) is 0. The topological polar surface area (TPSA) is 58.1 Å². The van der Waals surface area contributed by atoms with Crippen molar-refractivity contribution in [1.29, 1.82) is 0 Å². The van der Waals surface area contributed by atoms with Crippen LogP contribution in [0.3, 0.4) is 0 Å². The van der Waals surface area contributed by atoms with E-state index >= 15 is 0 Å². The first-order valence-corrected chi connectivity index (χ1v) is 9.68. The second-order valence-electron chi connectivity index (χ2n) is 6.26. The van der Waals surface area contributed by atoms with Crippen LogP contribution in [0.5, 0.6) is 0 Å². The van der Waals surface area contributed by atoms with Gasteiger partial charge in [-0.25, -0.2) is 4.39 Å². The Balaban J connectivity index is 1.41.